The Morgan fingerprint density at radius 2 is 1.95 bits per heavy atom. The molecule has 0 radical (unpaired) electrons. The number of benzene rings is 1. The van der Waals surface area contributed by atoms with E-state index in [-0.39, 0.29) is 12.0 Å². The van der Waals surface area contributed by atoms with Crippen molar-refractivity contribution in [1.29, 1.82) is 0 Å². The zero-order chi connectivity index (χ0) is 15.1. The van der Waals surface area contributed by atoms with E-state index < -0.39 is 35.6 Å². The Balaban J connectivity index is 2.54. The van der Waals surface area contributed by atoms with E-state index in [4.69, 9.17) is 5.11 Å². The Hall–Kier alpha value is -2.05. The minimum absolute atomic E-state index is 0.180. The van der Waals surface area contributed by atoms with Crippen molar-refractivity contribution >= 4 is 11.9 Å². The van der Waals surface area contributed by atoms with Crippen molar-refractivity contribution < 1.29 is 27.9 Å². The molecule has 108 valence electrons. The summed E-state index contributed by atoms with van der Waals surface area (Å²) in [6.07, 6.45) is -4.88. The fourth-order valence-corrected chi connectivity index (χ4v) is 2.53. The van der Waals surface area contributed by atoms with Gasteiger partial charge in [0.2, 0.25) is 5.91 Å². The Morgan fingerprint density at radius 1 is 1.35 bits per heavy atom. The summed E-state index contributed by atoms with van der Waals surface area (Å²) in [4.78, 5) is 23.9. The second-order valence-electron chi connectivity index (χ2n) is 4.68. The molecule has 2 rings (SSSR count). The highest BCUT2D eigenvalue weighted by molar-refractivity contribution is 5.87. The predicted octanol–water partition coefficient (Wildman–Crippen LogP) is 2.31. The average Bonchev–Trinajstić information content (AvgIpc) is 2.65. The number of aliphatic carboxylic acids is 1. The van der Waals surface area contributed by atoms with Crippen LogP contribution in [0.25, 0.3) is 0 Å². The Kier molecular flexibility index (Phi) is 3.45. The van der Waals surface area contributed by atoms with E-state index in [0.29, 0.717) is 0 Å². The van der Waals surface area contributed by atoms with Gasteiger partial charge in [-0.05, 0) is 11.6 Å². The van der Waals surface area contributed by atoms with Crippen LogP contribution in [0.15, 0.2) is 24.3 Å². The average molecular weight is 287 g/mol. The molecule has 4 nitrogen and oxygen atoms in total. The third-order valence-electron chi connectivity index (χ3n) is 3.49. The summed E-state index contributed by atoms with van der Waals surface area (Å²) in [6, 6.07) is 3.65. The maximum absolute atomic E-state index is 13.0. The molecule has 0 aliphatic carbocycles. The zero-order valence-electron chi connectivity index (χ0n) is 10.5. The van der Waals surface area contributed by atoms with E-state index in [9.17, 15) is 22.8 Å². The summed E-state index contributed by atoms with van der Waals surface area (Å²) >= 11 is 0. The molecule has 1 heterocycles. The number of alkyl halides is 3. The van der Waals surface area contributed by atoms with Crippen molar-refractivity contribution in [3.05, 3.63) is 35.4 Å². The molecule has 7 heteroatoms. The molecule has 2 unspecified atom stereocenters. The van der Waals surface area contributed by atoms with Gasteiger partial charge in [0, 0.05) is 13.5 Å². The van der Waals surface area contributed by atoms with Crippen LogP contribution in [0, 0.1) is 5.92 Å². The first-order valence-electron chi connectivity index (χ1n) is 5.88. The molecule has 1 saturated heterocycles. The highest BCUT2D eigenvalue weighted by Crippen LogP contribution is 2.42. The SMILES string of the molecule is CN1C(=O)CC(C(=O)O)C1c1ccccc1C(F)(F)F. The molecule has 1 aromatic rings. The summed E-state index contributed by atoms with van der Waals surface area (Å²) in [5.74, 6) is -2.92. The van der Waals surface area contributed by atoms with Crippen LogP contribution in [0.5, 0.6) is 0 Å². The fourth-order valence-electron chi connectivity index (χ4n) is 2.53. The van der Waals surface area contributed by atoms with Gasteiger partial charge >= 0.3 is 12.1 Å². The molecule has 1 amide bonds. The van der Waals surface area contributed by atoms with E-state index in [1.54, 1.807) is 0 Å². The van der Waals surface area contributed by atoms with E-state index in [1.807, 2.05) is 0 Å². The standard InChI is InChI=1S/C13H12F3NO3/c1-17-10(18)6-8(12(19)20)11(17)7-4-2-3-5-9(7)13(14,15)16/h2-5,8,11H,6H2,1H3,(H,19,20). The molecule has 0 bridgehead atoms. The highest BCUT2D eigenvalue weighted by Gasteiger charge is 2.46. The van der Waals surface area contributed by atoms with Crippen LogP contribution in [-0.4, -0.2) is 28.9 Å². The van der Waals surface area contributed by atoms with Crippen molar-refractivity contribution in [2.75, 3.05) is 7.05 Å². The first-order valence-corrected chi connectivity index (χ1v) is 5.88. The maximum Gasteiger partial charge on any atom is 0.416 e. The van der Waals surface area contributed by atoms with Gasteiger partial charge in [0.25, 0.3) is 0 Å². The molecule has 1 aliphatic rings. The molecule has 0 spiro atoms. The van der Waals surface area contributed by atoms with Crippen LogP contribution >= 0.6 is 0 Å². The minimum atomic E-state index is -4.59. The second kappa shape index (κ2) is 4.81. The molecule has 1 N–H and O–H groups in total. The number of rotatable bonds is 2. The molecule has 2 atom stereocenters. The van der Waals surface area contributed by atoms with Gasteiger partial charge in [0.1, 0.15) is 0 Å². The number of halogens is 3. The lowest BCUT2D eigenvalue weighted by Crippen LogP contribution is -2.29. The third kappa shape index (κ3) is 2.35. The van der Waals surface area contributed by atoms with Crippen LogP contribution in [0.1, 0.15) is 23.6 Å². The predicted molar refractivity (Wildman–Crippen MR) is 62.7 cm³/mol. The van der Waals surface area contributed by atoms with Crippen LogP contribution in [0.3, 0.4) is 0 Å². The smallest absolute Gasteiger partial charge is 0.416 e. The number of likely N-dealkylation sites (tertiary alicyclic amines) is 1. The topological polar surface area (TPSA) is 57.6 Å². The first-order chi connectivity index (χ1) is 9.23. The summed E-state index contributed by atoms with van der Waals surface area (Å²) < 4.78 is 39.0. The Labute approximate surface area is 112 Å². The van der Waals surface area contributed by atoms with Crippen molar-refractivity contribution in [1.82, 2.24) is 4.90 Å². The first kappa shape index (κ1) is 14.4. The lowest BCUT2D eigenvalue weighted by atomic mass is 9.90. The number of hydrogen-bond acceptors (Lipinski definition) is 2. The summed E-state index contributed by atoms with van der Waals surface area (Å²) in [5.41, 5.74) is -1.08. The molecular formula is C13H12F3NO3. The molecular weight excluding hydrogens is 275 g/mol. The van der Waals surface area contributed by atoms with Gasteiger partial charge in [-0.15, -0.1) is 0 Å². The van der Waals surface area contributed by atoms with Gasteiger partial charge in [-0.25, -0.2) is 0 Å². The fraction of sp³-hybridized carbons (Fsp3) is 0.385. The van der Waals surface area contributed by atoms with Gasteiger partial charge in [0.05, 0.1) is 17.5 Å². The molecule has 1 fully saturated rings. The molecule has 1 aromatic carbocycles. The van der Waals surface area contributed by atoms with Crippen LogP contribution in [-0.2, 0) is 15.8 Å². The lowest BCUT2D eigenvalue weighted by Gasteiger charge is -2.26. The van der Waals surface area contributed by atoms with Crippen molar-refractivity contribution in [2.24, 2.45) is 5.92 Å². The van der Waals surface area contributed by atoms with E-state index >= 15 is 0 Å². The molecule has 0 aromatic heterocycles. The lowest BCUT2D eigenvalue weighted by molar-refractivity contribution is -0.144. The largest absolute Gasteiger partial charge is 0.481 e. The number of carbonyl (C=O) groups excluding carboxylic acids is 1. The van der Waals surface area contributed by atoms with Gasteiger partial charge in [-0.1, -0.05) is 18.2 Å². The van der Waals surface area contributed by atoms with Crippen molar-refractivity contribution in [2.45, 2.75) is 18.6 Å². The number of hydrogen-bond donors (Lipinski definition) is 1. The van der Waals surface area contributed by atoms with Crippen LogP contribution in [0.2, 0.25) is 0 Å². The quantitative estimate of drug-likeness (QED) is 0.908. The van der Waals surface area contributed by atoms with Crippen LogP contribution < -0.4 is 0 Å². The molecule has 0 saturated carbocycles. The zero-order valence-corrected chi connectivity index (χ0v) is 10.5. The Bertz CT molecular complexity index is 556. The van der Waals surface area contributed by atoms with E-state index in [2.05, 4.69) is 0 Å². The normalized spacial score (nSPS) is 23.2. The third-order valence-corrected chi connectivity index (χ3v) is 3.49. The molecule has 1 aliphatic heterocycles. The molecule has 20 heavy (non-hydrogen) atoms. The van der Waals surface area contributed by atoms with Gasteiger partial charge in [-0.2, -0.15) is 13.2 Å². The van der Waals surface area contributed by atoms with Gasteiger partial charge in [0.15, 0.2) is 0 Å². The van der Waals surface area contributed by atoms with Crippen molar-refractivity contribution in [3.8, 4) is 0 Å². The monoisotopic (exact) mass is 287 g/mol. The Morgan fingerprint density at radius 3 is 2.50 bits per heavy atom. The van der Waals surface area contributed by atoms with E-state index in [1.165, 1.54) is 25.2 Å². The highest BCUT2D eigenvalue weighted by atomic mass is 19.4. The number of carboxylic acids is 1. The van der Waals surface area contributed by atoms with Gasteiger partial charge in [-0.3, -0.25) is 9.59 Å². The van der Waals surface area contributed by atoms with Crippen molar-refractivity contribution in [3.63, 3.8) is 0 Å². The minimum Gasteiger partial charge on any atom is -0.481 e. The number of carbonyl (C=O) groups is 2. The summed E-state index contributed by atoms with van der Waals surface area (Å²) in [5, 5.41) is 9.11. The second-order valence-corrected chi connectivity index (χ2v) is 4.68. The number of nitrogens with zero attached hydrogens (tertiary/aromatic N) is 1. The summed E-state index contributed by atoms with van der Waals surface area (Å²) in [6.45, 7) is 0. The van der Waals surface area contributed by atoms with E-state index in [0.717, 1.165) is 11.0 Å². The maximum atomic E-state index is 13.0. The van der Waals surface area contributed by atoms with Crippen LogP contribution in [0.4, 0.5) is 13.2 Å². The van der Waals surface area contributed by atoms with Gasteiger partial charge < -0.3 is 10.0 Å². The number of amides is 1. The number of carboxylic acid groups (broad SMARTS) is 1. The summed E-state index contributed by atoms with van der Waals surface area (Å²) in [7, 11) is 1.32.